The van der Waals surface area contributed by atoms with Crippen molar-refractivity contribution < 1.29 is 27.8 Å². The van der Waals surface area contributed by atoms with E-state index in [2.05, 4.69) is 10.3 Å². The van der Waals surface area contributed by atoms with E-state index in [1.165, 1.54) is 12.1 Å². The molecule has 0 bridgehead atoms. The monoisotopic (exact) mass is 618 g/mol. The van der Waals surface area contributed by atoms with Gasteiger partial charge in [0.1, 0.15) is 22.8 Å². The maximum atomic E-state index is 14.8. The maximum Gasteiger partial charge on any atom is 0.273 e. The van der Waals surface area contributed by atoms with E-state index in [4.69, 9.17) is 9.47 Å². The van der Waals surface area contributed by atoms with E-state index in [1.807, 2.05) is 18.7 Å². The predicted octanol–water partition coefficient (Wildman–Crippen LogP) is 5.14. The minimum Gasteiger partial charge on any atom is -0.493 e. The number of nitrogens with one attached hydrogen (secondary N) is 1. The van der Waals surface area contributed by atoms with Crippen molar-refractivity contribution in [3.05, 3.63) is 35.5 Å². The average molecular weight is 620 g/mol. The number of amides is 2. The van der Waals surface area contributed by atoms with Crippen molar-refractivity contribution >= 4 is 47.5 Å². The van der Waals surface area contributed by atoms with Crippen LogP contribution in [0.3, 0.4) is 0 Å². The van der Waals surface area contributed by atoms with Gasteiger partial charge in [-0.2, -0.15) is 0 Å². The number of halogens is 4. The van der Waals surface area contributed by atoms with Crippen LogP contribution in [0.5, 0.6) is 5.75 Å². The molecule has 1 aromatic heterocycles. The highest BCUT2D eigenvalue weighted by atomic mass is 35.5. The summed E-state index contributed by atoms with van der Waals surface area (Å²) in [6, 6.07) is 3.92. The van der Waals surface area contributed by atoms with Crippen LogP contribution in [0.2, 0.25) is 0 Å². The van der Waals surface area contributed by atoms with Crippen molar-refractivity contribution in [1.82, 2.24) is 20.1 Å². The Morgan fingerprint density at radius 1 is 1.07 bits per heavy atom. The zero-order chi connectivity index (χ0) is 28.1. The molecule has 12 heteroatoms. The lowest BCUT2D eigenvalue weighted by Gasteiger charge is -2.40. The van der Waals surface area contributed by atoms with E-state index in [1.54, 1.807) is 18.9 Å². The molecule has 2 aliphatic rings. The summed E-state index contributed by atoms with van der Waals surface area (Å²) in [5.74, 6) is -1.55. The first-order valence-corrected chi connectivity index (χ1v) is 13.9. The zero-order valence-electron chi connectivity index (χ0n) is 24.2. The Hall–Kier alpha value is -2.27. The van der Waals surface area contributed by atoms with Gasteiger partial charge in [0.2, 0.25) is 5.91 Å². The van der Waals surface area contributed by atoms with E-state index >= 15 is 0 Å². The molecule has 1 N–H and O–H groups in total. The summed E-state index contributed by atoms with van der Waals surface area (Å²) in [4.78, 5) is 33.9. The fourth-order valence-electron chi connectivity index (χ4n) is 5.45. The molecule has 2 heterocycles. The van der Waals surface area contributed by atoms with Gasteiger partial charge in [0.05, 0.1) is 6.61 Å². The molecule has 4 rings (SSSR count). The molecule has 0 radical (unpaired) electrons. The normalized spacial score (nSPS) is 18.4. The van der Waals surface area contributed by atoms with E-state index in [0.717, 1.165) is 44.7 Å². The Kier molecular flexibility index (Phi) is 13.5. The molecule has 0 spiro atoms. The Labute approximate surface area is 253 Å². The van der Waals surface area contributed by atoms with Crippen LogP contribution in [0.4, 0.5) is 8.78 Å². The first kappa shape index (κ1) is 34.9. The van der Waals surface area contributed by atoms with Crippen LogP contribution in [0.1, 0.15) is 69.8 Å². The van der Waals surface area contributed by atoms with Crippen LogP contribution in [0.25, 0.3) is 10.9 Å². The molecule has 1 saturated carbocycles. The van der Waals surface area contributed by atoms with Crippen LogP contribution in [0, 0.1) is 11.6 Å². The van der Waals surface area contributed by atoms with Crippen LogP contribution in [-0.2, 0) is 9.53 Å². The maximum absolute atomic E-state index is 14.8. The average Bonchev–Trinajstić information content (AvgIpc) is 3.72. The molecule has 1 aliphatic heterocycles. The number of hydrogen-bond acceptors (Lipinski definition) is 6. The number of hydrogen-bond donors (Lipinski definition) is 1. The third kappa shape index (κ3) is 8.86. The number of piperidine rings is 1. The van der Waals surface area contributed by atoms with E-state index < -0.39 is 11.6 Å². The first-order chi connectivity index (χ1) is 18.7. The van der Waals surface area contributed by atoms with Gasteiger partial charge in [-0.05, 0) is 52.0 Å². The number of nitrogens with zero attached hydrogens (tertiary/aromatic N) is 3. The predicted molar refractivity (Wildman–Crippen MR) is 159 cm³/mol. The minimum absolute atomic E-state index is 0. The number of fused-ring (bicyclic) bond motifs is 1. The lowest BCUT2D eigenvalue weighted by Crippen LogP contribution is -2.54. The molecule has 1 saturated heterocycles. The molecule has 2 fully saturated rings. The molecule has 41 heavy (non-hydrogen) atoms. The zero-order valence-corrected chi connectivity index (χ0v) is 25.8. The number of methoxy groups -OCH3 is 1. The van der Waals surface area contributed by atoms with E-state index in [-0.39, 0.29) is 83.7 Å². The van der Waals surface area contributed by atoms with Crippen molar-refractivity contribution in [1.29, 1.82) is 0 Å². The second-order valence-electron chi connectivity index (χ2n) is 10.9. The van der Waals surface area contributed by atoms with Crippen molar-refractivity contribution in [2.24, 2.45) is 0 Å². The standard InChI is InChI=1S/C29H40F2N4O4.2ClH/c1-18(2)35(23-7-6-21(32-17-23)10-11-34(19(3)36)22-8-9-22)29(37)26-16-27(39-13-5-12-38-4)24-14-20(30)15-25(31)28(24)33-26;;/h14-16,18,21-23,32H,5-13,17H2,1-4H3;2*1H/t21-,23+;;/m0../s1. The molecule has 2 atom stereocenters. The van der Waals surface area contributed by atoms with Gasteiger partial charge in [-0.15, -0.1) is 24.8 Å². The topological polar surface area (TPSA) is 84.0 Å². The van der Waals surface area contributed by atoms with Crippen molar-refractivity contribution in [2.45, 2.75) is 83.5 Å². The fourth-order valence-corrected chi connectivity index (χ4v) is 5.45. The number of ether oxygens (including phenoxy) is 2. The van der Waals surface area contributed by atoms with E-state index in [0.29, 0.717) is 25.6 Å². The van der Waals surface area contributed by atoms with E-state index in [9.17, 15) is 18.4 Å². The van der Waals surface area contributed by atoms with Crippen molar-refractivity contribution in [3.8, 4) is 5.75 Å². The molecule has 8 nitrogen and oxygen atoms in total. The summed E-state index contributed by atoms with van der Waals surface area (Å²) in [5, 5.41) is 3.76. The Morgan fingerprint density at radius 2 is 1.78 bits per heavy atom. The molecule has 2 amide bonds. The van der Waals surface area contributed by atoms with Gasteiger partial charge in [-0.1, -0.05) is 0 Å². The second-order valence-corrected chi connectivity index (χ2v) is 10.9. The number of pyridine rings is 1. The van der Waals surface area contributed by atoms with Crippen LogP contribution in [-0.4, -0.2) is 84.2 Å². The largest absolute Gasteiger partial charge is 0.493 e. The van der Waals surface area contributed by atoms with Gasteiger partial charge in [0, 0.05) is 81.8 Å². The third-order valence-corrected chi connectivity index (χ3v) is 7.55. The summed E-state index contributed by atoms with van der Waals surface area (Å²) in [7, 11) is 1.58. The number of carbonyl (C=O) groups excluding carboxylic acids is 2. The minimum atomic E-state index is -0.842. The fraction of sp³-hybridized carbons (Fsp3) is 0.621. The Balaban J connectivity index is 0.00000294. The second kappa shape index (κ2) is 15.8. The van der Waals surface area contributed by atoms with Gasteiger partial charge in [-0.25, -0.2) is 13.8 Å². The Bertz CT molecular complexity index is 1180. The molecule has 2 aromatic rings. The summed E-state index contributed by atoms with van der Waals surface area (Å²) >= 11 is 0. The quantitative estimate of drug-likeness (QED) is 0.332. The lowest BCUT2D eigenvalue weighted by molar-refractivity contribution is -0.129. The third-order valence-electron chi connectivity index (χ3n) is 7.55. The van der Waals surface area contributed by atoms with Crippen LogP contribution >= 0.6 is 24.8 Å². The molecule has 1 aliphatic carbocycles. The molecular formula is C29H42Cl2F2N4O4. The van der Waals surface area contributed by atoms with Gasteiger partial charge >= 0.3 is 0 Å². The summed E-state index contributed by atoms with van der Waals surface area (Å²) in [6.07, 6.45) is 5.33. The highest BCUT2D eigenvalue weighted by molar-refractivity contribution is 5.97. The van der Waals surface area contributed by atoms with Gasteiger partial charge in [0.25, 0.3) is 5.91 Å². The number of carbonyl (C=O) groups is 2. The highest BCUT2D eigenvalue weighted by Crippen LogP contribution is 2.31. The molecular weight excluding hydrogens is 577 g/mol. The van der Waals surface area contributed by atoms with Crippen LogP contribution in [0.15, 0.2) is 18.2 Å². The molecule has 230 valence electrons. The van der Waals surface area contributed by atoms with Crippen molar-refractivity contribution in [2.75, 3.05) is 33.4 Å². The summed E-state index contributed by atoms with van der Waals surface area (Å²) in [5.41, 5.74) is -0.0349. The van der Waals surface area contributed by atoms with Crippen LogP contribution < -0.4 is 10.1 Å². The lowest BCUT2D eigenvalue weighted by atomic mass is 9.96. The first-order valence-electron chi connectivity index (χ1n) is 13.9. The smallest absolute Gasteiger partial charge is 0.273 e. The van der Waals surface area contributed by atoms with Gasteiger partial charge < -0.3 is 24.6 Å². The molecule has 0 unspecified atom stereocenters. The molecule has 1 aromatic carbocycles. The Morgan fingerprint density at radius 3 is 2.37 bits per heavy atom. The number of rotatable bonds is 12. The summed E-state index contributed by atoms with van der Waals surface area (Å²) in [6.45, 7) is 7.63. The SMILES string of the molecule is COCCCOc1cc(C(=O)N(C(C)C)[C@@H]2CC[C@@H](CCN(C(C)=O)C3CC3)NC2)nc2c(F)cc(F)cc12.Cl.Cl. The summed E-state index contributed by atoms with van der Waals surface area (Å²) < 4.78 is 39.7. The highest BCUT2D eigenvalue weighted by Gasteiger charge is 2.34. The van der Waals surface area contributed by atoms with Gasteiger partial charge in [-0.3, -0.25) is 9.59 Å². The van der Waals surface area contributed by atoms with Gasteiger partial charge in [0.15, 0.2) is 5.82 Å². The van der Waals surface area contributed by atoms with Crippen molar-refractivity contribution in [3.63, 3.8) is 0 Å². The number of aromatic nitrogens is 1. The number of benzene rings is 1.